The number of hydrogen-bond acceptors (Lipinski definition) is 3. The maximum atomic E-state index is 12.5. The van der Waals surface area contributed by atoms with E-state index < -0.39 is 5.60 Å². The molecule has 2 aliphatic heterocycles. The second kappa shape index (κ2) is 5.87. The van der Waals surface area contributed by atoms with E-state index in [-0.39, 0.29) is 12.0 Å². The lowest BCUT2D eigenvalue weighted by atomic mass is 10.0. The monoisotopic (exact) mass is 316 g/mol. The second-order valence-electron chi connectivity index (χ2n) is 7.48. The van der Waals surface area contributed by atoms with E-state index in [9.17, 15) is 9.59 Å². The van der Waals surface area contributed by atoms with Crippen LogP contribution in [0.1, 0.15) is 31.1 Å². The molecule has 0 aromatic heterocycles. The summed E-state index contributed by atoms with van der Waals surface area (Å²) in [7, 11) is 0. The van der Waals surface area contributed by atoms with E-state index in [2.05, 4.69) is 0 Å². The first kappa shape index (κ1) is 15.8. The molecule has 1 aromatic rings. The minimum atomic E-state index is -0.468. The Balaban J connectivity index is 1.57. The standard InChI is InChI=1S/C18H24N2O3/c1-18(2,3)23-17(22)20-11-14-9-19(10-15(14)12-20)16(21)13-7-5-4-6-8-13/h4-8,14-15H,9-12H2,1-3H3/t14-,15+. The zero-order chi connectivity index (χ0) is 16.6. The van der Waals surface area contributed by atoms with Gasteiger partial charge in [-0.3, -0.25) is 4.79 Å². The lowest BCUT2D eigenvalue weighted by Crippen LogP contribution is -2.38. The molecule has 2 saturated heterocycles. The molecule has 0 spiro atoms. The molecule has 3 rings (SSSR count). The molecule has 2 fully saturated rings. The molecule has 5 nitrogen and oxygen atoms in total. The molecule has 1 aromatic carbocycles. The van der Waals surface area contributed by atoms with Gasteiger partial charge in [0.05, 0.1) is 0 Å². The summed E-state index contributed by atoms with van der Waals surface area (Å²) < 4.78 is 5.44. The molecular weight excluding hydrogens is 292 g/mol. The van der Waals surface area contributed by atoms with Crippen LogP contribution in [0.25, 0.3) is 0 Å². The van der Waals surface area contributed by atoms with Gasteiger partial charge in [-0.15, -0.1) is 0 Å². The predicted octanol–water partition coefficient (Wildman–Crippen LogP) is 2.63. The van der Waals surface area contributed by atoms with Crippen LogP contribution in [0, 0.1) is 11.8 Å². The van der Waals surface area contributed by atoms with E-state index in [0.29, 0.717) is 24.9 Å². The maximum absolute atomic E-state index is 12.5. The minimum absolute atomic E-state index is 0.0869. The fraction of sp³-hybridized carbons (Fsp3) is 0.556. The highest BCUT2D eigenvalue weighted by Crippen LogP contribution is 2.32. The van der Waals surface area contributed by atoms with Gasteiger partial charge < -0.3 is 14.5 Å². The molecule has 0 aliphatic carbocycles. The third-order valence-corrected chi connectivity index (χ3v) is 4.45. The van der Waals surface area contributed by atoms with Gasteiger partial charge in [0.1, 0.15) is 5.60 Å². The van der Waals surface area contributed by atoms with Gasteiger partial charge in [-0.2, -0.15) is 0 Å². The number of amides is 2. The Labute approximate surface area is 137 Å². The van der Waals surface area contributed by atoms with Crippen LogP contribution in [0.15, 0.2) is 30.3 Å². The number of fused-ring (bicyclic) bond motifs is 1. The molecule has 23 heavy (non-hydrogen) atoms. The van der Waals surface area contributed by atoms with Gasteiger partial charge in [0.2, 0.25) is 0 Å². The number of rotatable bonds is 1. The Hall–Kier alpha value is -2.04. The molecule has 5 heteroatoms. The molecule has 0 bridgehead atoms. The van der Waals surface area contributed by atoms with Crippen LogP contribution in [-0.2, 0) is 4.74 Å². The summed E-state index contributed by atoms with van der Waals surface area (Å²) in [6, 6.07) is 9.38. The van der Waals surface area contributed by atoms with E-state index in [0.717, 1.165) is 18.7 Å². The summed E-state index contributed by atoms with van der Waals surface area (Å²) >= 11 is 0. The van der Waals surface area contributed by atoms with E-state index in [1.807, 2.05) is 56.0 Å². The first-order valence-electron chi connectivity index (χ1n) is 8.16. The van der Waals surface area contributed by atoms with E-state index >= 15 is 0 Å². The van der Waals surface area contributed by atoms with Gasteiger partial charge in [-0.25, -0.2) is 4.79 Å². The highest BCUT2D eigenvalue weighted by molar-refractivity contribution is 5.94. The van der Waals surface area contributed by atoms with Crippen LogP contribution in [0.2, 0.25) is 0 Å². The molecule has 2 aliphatic rings. The molecule has 2 atom stereocenters. The third kappa shape index (κ3) is 3.49. The molecule has 0 unspecified atom stereocenters. The van der Waals surface area contributed by atoms with Crippen molar-refractivity contribution in [3.8, 4) is 0 Å². The quantitative estimate of drug-likeness (QED) is 0.800. The summed E-state index contributed by atoms with van der Waals surface area (Å²) in [6.45, 7) is 8.43. The highest BCUT2D eigenvalue weighted by Gasteiger charge is 2.44. The third-order valence-electron chi connectivity index (χ3n) is 4.45. The first-order valence-corrected chi connectivity index (χ1v) is 8.16. The number of likely N-dealkylation sites (tertiary alicyclic amines) is 2. The van der Waals surface area contributed by atoms with E-state index in [4.69, 9.17) is 4.74 Å². The van der Waals surface area contributed by atoms with Gasteiger partial charge in [0.15, 0.2) is 0 Å². The van der Waals surface area contributed by atoms with Crippen LogP contribution in [0.3, 0.4) is 0 Å². The Morgan fingerprint density at radius 3 is 2.00 bits per heavy atom. The van der Waals surface area contributed by atoms with Crippen LogP contribution in [0.4, 0.5) is 4.79 Å². The lowest BCUT2D eigenvalue weighted by Gasteiger charge is -2.26. The summed E-state index contributed by atoms with van der Waals surface area (Å²) in [4.78, 5) is 28.4. The number of carbonyl (C=O) groups is 2. The first-order chi connectivity index (χ1) is 10.8. The summed E-state index contributed by atoms with van der Waals surface area (Å²) in [6.07, 6.45) is -0.243. The number of carbonyl (C=O) groups excluding carboxylic acids is 2. The van der Waals surface area contributed by atoms with Crippen LogP contribution in [-0.4, -0.2) is 53.6 Å². The number of benzene rings is 1. The molecule has 124 valence electrons. The lowest BCUT2D eigenvalue weighted by molar-refractivity contribution is 0.0275. The summed E-state index contributed by atoms with van der Waals surface area (Å²) in [5, 5.41) is 0. The summed E-state index contributed by atoms with van der Waals surface area (Å²) in [5.74, 6) is 0.800. The average molecular weight is 316 g/mol. The van der Waals surface area contributed by atoms with Gasteiger partial charge in [0, 0.05) is 43.6 Å². The molecule has 0 N–H and O–H groups in total. The normalized spacial score (nSPS) is 23.8. The van der Waals surface area contributed by atoms with Crippen molar-refractivity contribution in [1.29, 1.82) is 0 Å². The van der Waals surface area contributed by atoms with Crippen molar-refractivity contribution < 1.29 is 14.3 Å². The molecule has 2 amide bonds. The molecule has 0 radical (unpaired) electrons. The van der Waals surface area contributed by atoms with Crippen molar-refractivity contribution in [2.45, 2.75) is 26.4 Å². The smallest absolute Gasteiger partial charge is 0.410 e. The largest absolute Gasteiger partial charge is 0.444 e. The number of nitrogens with zero attached hydrogens (tertiary/aromatic N) is 2. The van der Waals surface area contributed by atoms with Crippen molar-refractivity contribution in [3.63, 3.8) is 0 Å². The molecular formula is C18H24N2O3. The Morgan fingerprint density at radius 2 is 1.48 bits per heavy atom. The van der Waals surface area contributed by atoms with E-state index in [1.165, 1.54) is 0 Å². The average Bonchev–Trinajstić information content (AvgIpc) is 3.04. The van der Waals surface area contributed by atoms with Crippen LogP contribution < -0.4 is 0 Å². The molecule has 0 saturated carbocycles. The fourth-order valence-electron chi connectivity index (χ4n) is 3.40. The van der Waals surface area contributed by atoms with Gasteiger partial charge in [0.25, 0.3) is 5.91 Å². The van der Waals surface area contributed by atoms with Crippen molar-refractivity contribution in [2.24, 2.45) is 11.8 Å². The fourth-order valence-corrected chi connectivity index (χ4v) is 3.40. The maximum Gasteiger partial charge on any atom is 0.410 e. The highest BCUT2D eigenvalue weighted by atomic mass is 16.6. The van der Waals surface area contributed by atoms with Crippen molar-refractivity contribution >= 4 is 12.0 Å². The van der Waals surface area contributed by atoms with Gasteiger partial charge in [-0.05, 0) is 32.9 Å². The Bertz CT molecular complexity index is 580. The zero-order valence-electron chi connectivity index (χ0n) is 14.0. The minimum Gasteiger partial charge on any atom is -0.444 e. The van der Waals surface area contributed by atoms with Crippen molar-refractivity contribution in [1.82, 2.24) is 9.80 Å². The van der Waals surface area contributed by atoms with Crippen molar-refractivity contribution in [2.75, 3.05) is 26.2 Å². The number of hydrogen-bond donors (Lipinski definition) is 0. The SMILES string of the molecule is CC(C)(C)OC(=O)N1C[C@@H]2CN(C(=O)c3ccccc3)C[C@@H]2C1. The topological polar surface area (TPSA) is 49.9 Å². The van der Waals surface area contributed by atoms with Gasteiger partial charge in [-0.1, -0.05) is 18.2 Å². The summed E-state index contributed by atoms with van der Waals surface area (Å²) in [5.41, 5.74) is 0.265. The molecule has 2 heterocycles. The van der Waals surface area contributed by atoms with Gasteiger partial charge >= 0.3 is 6.09 Å². The Kier molecular flexibility index (Phi) is 4.04. The van der Waals surface area contributed by atoms with Crippen LogP contribution >= 0.6 is 0 Å². The van der Waals surface area contributed by atoms with Crippen molar-refractivity contribution in [3.05, 3.63) is 35.9 Å². The van der Waals surface area contributed by atoms with E-state index in [1.54, 1.807) is 4.90 Å². The Morgan fingerprint density at radius 1 is 0.957 bits per heavy atom. The second-order valence-corrected chi connectivity index (χ2v) is 7.48. The predicted molar refractivity (Wildman–Crippen MR) is 87.1 cm³/mol. The zero-order valence-corrected chi connectivity index (χ0v) is 14.0. The van der Waals surface area contributed by atoms with Crippen LogP contribution in [0.5, 0.6) is 0 Å². The number of ether oxygens (including phenoxy) is 1.